The number of unbranched alkanes of at least 4 members (excludes halogenated alkanes) is 1. The maximum absolute atomic E-state index is 3.46. The summed E-state index contributed by atoms with van der Waals surface area (Å²) in [7, 11) is -1.21. The zero-order valence-corrected chi connectivity index (χ0v) is 12.6. The maximum atomic E-state index is 3.46. The van der Waals surface area contributed by atoms with E-state index in [2.05, 4.69) is 56.3 Å². The van der Waals surface area contributed by atoms with Gasteiger partial charge in [-0.05, 0) is 31.0 Å². The standard InChI is InChI=1S/C14H27NSi/c1-6-8-11-15-13-14(7-2)10-9-12-16(3,4)5/h10,15H,6-8,11,13H2,1-5H3/b14-10-. The molecule has 1 nitrogen and oxygen atoms in total. The zero-order chi connectivity index (χ0) is 12.4. The number of nitrogens with one attached hydrogen (secondary N) is 1. The van der Waals surface area contributed by atoms with Crippen LogP contribution in [-0.4, -0.2) is 21.2 Å². The van der Waals surface area contributed by atoms with Gasteiger partial charge < -0.3 is 5.32 Å². The molecule has 0 aromatic heterocycles. The van der Waals surface area contributed by atoms with Crippen LogP contribution in [0, 0.1) is 11.5 Å². The molecule has 0 aliphatic carbocycles. The van der Waals surface area contributed by atoms with Gasteiger partial charge in [-0.3, -0.25) is 0 Å². The molecule has 0 aliphatic rings. The van der Waals surface area contributed by atoms with Crippen LogP contribution in [0.25, 0.3) is 0 Å². The van der Waals surface area contributed by atoms with Gasteiger partial charge in [-0.25, -0.2) is 0 Å². The molecule has 92 valence electrons. The SMILES string of the molecule is CCCCNC/C(=C\C#C[Si](C)(C)C)CC. The van der Waals surface area contributed by atoms with Gasteiger partial charge in [0.15, 0.2) is 0 Å². The Hall–Kier alpha value is -0.523. The Bertz CT molecular complexity index is 263. The van der Waals surface area contributed by atoms with Gasteiger partial charge in [0, 0.05) is 6.54 Å². The minimum Gasteiger partial charge on any atom is -0.313 e. The molecule has 0 atom stereocenters. The van der Waals surface area contributed by atoms with E-state index < -0.39 is 8.07 Å². The van der Waals surface area contributed by atoms with Gasteiger partial charge in [-0.1, -0.05) is 45.8 Å². The Kier molecular flexibility index (Phi) is 8.33. The van der Waals surface area contributed by atoms with Crippen molar-refractivity contribution in [1.29, 1.82) is 0 Å². The zero-order valence-electron chi connectivity index (χ0n) is 11.6. The first-order chi connectivity index (χ1) is 7.49. The quantitative estimate of drug-likeness (QED) is 0.423. The molecule has 0 spiro atoms. The summed E-state index contributed by atoms with van der Waals surface area (Å²) < 4.78 is 0. The van der Waals surface area contributed by atoms with E-state index in [9.17, 15) is 0 Å². The largest absolute Gasteiger partial charge is 0.313 e. The highest BCUT2D eigenvalue weighted by molar-refractivity contribution is 6.83. The Morgan fingerprint density at radius 3 is 2.44 bits per heavy atom. The summed E-state index contributed by atoms with van der Waals surface area (Å²) in [4.78, 5) is 0. The van der Waals surface area contributed by atoms with Crippen LogP contribution in [0.3, 0.4) is 0 Å². The van der Waals surface area contributed by atoms with Gasteiger partial charge in [0.25, 0.3) is 0 Å². The van der Waals surface area contributed by atoms with Crippen molar-refractivity contribution in [1.82, 2.24) is 5.32 Å². The van der Waals surface area contributed by atoms with Crippen molar-refractivity contribution >= 4 is 8.07 Å². The second-order valence-electron chi connectivity index (χ2n) is 5.21. The van der Waals surface area contributed by atoms with Crippen molar-refractivity contribution in [3.05, 3.63) is 11.6 Å². The van der Waals surface area contributed by atoms with Crippen molar-refractivity contribution in [2.45, 2.75) is 52.8 Å². The Morgan fingerprint density at radius 2 is 1.94 bits per heavy atom. The lowest BCUT2D eigenvalue weighted by Crippen LogP contribution is -2.18. The molecule has 0 heterocycles. The van der Waals surface area contributed by atoms with Gasteiger partial charge in [0.2, 0.25) is 0 Å². The summed E-state index contributed by atoms with van der Waals surface area (Å²) in [6.45, 7) is 13.4. The summed E-state index contributed by atoms with van der Waals surface area (Å²) in [6.07, 6.45) is 5.72. The Morgan fingerprint density at radius 1 is 1.25 bits per heavy atom. The molecule has 0 bridgehead atoms. The second-order valence-corrected chi connectivity index (χ2v) is 9.96. The van der Waals surface area contributed by atoms with Crippen molar-refractivity contribution < 1.29 is 0 Å². The normalized spacial score (nSPS) is 12.2. The monoisotopic (exact) mass is 237 g/mol. The van der Waals surface area contributed by atoms with Gasteiger partial charge >= 0.3 is 0 Å². The summed E-state index contributed by atoms with van der Waals surface area (Å²) in [5, 5.41) is 3.46. The fraction of sp³-hybridized carbons (Fsp3) is 0.714. The van der Waals surface area contributed by atoms with Crippen molar-refractivity contribution in [2.24, 2.45) is 0 Å². The summed E-state index contributed by atoms with van der Waals surface area (Å²) in [6, 6.07) is 0. The van der Waals surface area contributed by atoms with Crippen molar-refractivity contribution in [3.63, 3.8) is 0 Å². The average molecular weight is 237 g/mol. The molecule has 0 aromatic carbocycles. The number of allylic oxidation sites excluding steroid dienone is 1. The molecule has 0 saturated carbocycles. The smallest absolute Gasteiger partial charge is 0.129 e. The van der Waals surface area contributed by atoms with Crippen LogP contribution in [0.4, 0.5) is 0 Å². The highest BCUT2D eigenvalue weighted by atomic mass is 28.3. The molecule has 1 N–H and O–H groups in total. The first kappa shape index (κ1) is 15.5. The first-order valence-corrected chi connectivity index (χ1v) is 9.91. The lowest BCUT2D eigenvalue weighted by molar-refractivity contribution is 0.664. The highest BCUT2D eigenvalue weighted by Crippen LogP contribution is 2.00. The molecule has 0 aromatic rings. The lowest BCUT2D eigenvalue weighted by atomic mass is 10.2. The maximum Gasteiger partial charge on any atom is 0.129 e. The van der Waals surface area contributed by atoms with E-state index in [0.717, 1.165) is 19.5 Å². The third-order valence-corrected chi connectivity index (χ3v) is 3.13. The third-order valence-electron chi connectivity index (χ3n) is 2.24. The molecule has 0 amide bonds. The summed E-state index contributed by atoms with van der Waals surface area (Å²) in [5.41, 5.74) is 4.79. The molecule has 2 heteroatoms. The Labute approximate surface area is 103 Å². The van der Waals surface area contributed by atoms with E-state index in [-0.39, 0.29) is 0 Å². The van der Waals surface area contributed by atoms with Gasteiger partial charge in [0.1, 0.15) is 8.07 Å². The van der Waals surface area contributed by atoms with E-state index in [4.69, 9.17) is 0 Å². The van der Waals surface area contributed by atoms with E-state index >= 15 is 0 Å². The minimum atomic E-state index is -1.21. The van der Waals surface area contributed by atoms with Crippen LogP contribution in [-0.2, 0) is 0 Å². The predicted molar refractivity (Wildman–Crippen MR) is 77.3 cm³/mol. The van der Waals surface area contributed by atoms with Crippen LogP contribution in [0.1, 0.15) is 33.1 Å². The fourth-order valence-electron chi connectivity index (χ4n) is 1.18. The number of hydrogen-bond acceptors (Lipinski definition) is 1. The van der Waals surface area contributed by atoms with Gasteiger partial charge in [-0.2, -0.15) is 0 Å². The van der Waals surface area contributed by atoms with Gasteiger partial charge in [0.05, 0.1) is 0 Å². The van der Waals surface area contributed by atoms with Crippen LogP contribution < -0.4 is 5.32 Å². The lowest BCUT2D eigenvalue weighted by Gasteiger charge is -2.05. The van der Waals surface area contributed by atoms with E-state index in [1.165, 1.54) is 18.4 Å². The molecule has 0 aliphatic heterocycles. The average Bonchev–Trinajstić information content (AvgIpc) is 2.20. The van der Waals surface area contributed by atoms with Gasteiger partial charge in [-0.15, -0.1) is 5.54 Å². The predicted octanol–water partition coefficient (Wildman–Crippen LogP) is 3.59. The number of hydrogen-bond donors (Lipinski definition) is 1. The fourth-order valence-corrected chi connectivity index (χ4v) is 1.69. The summed E-state index contributed by atoms with van der Waals surface area (Å²) in [5.74, 6) is 3.23. The highest BCUT2D eigenvalue weighted by Gasteiger charge is 2.06. The minimum absolute atomic E-state index is 0.997. The molecule has 0 fully saturated rings. The first-order valence-electron chi connectivity index (χ1n) is 6.41. The molecule has 0 saturated heterocycles. The second kappa shape index (κ2) is 8.61. The van der Waals surface area contributed by atoms with Crippen LogP contribution in [0.15, 0.2) is 11.6 Å². The molecule has 16 heavy (non-hydrogen) atoms. The molecule has 0 unspecified atom stereocenters. The van der Waals surface area contributed by atoms with Crippen molar-refractivity contribution in [3.8, 4) is 11.5 Å². The van der Waals surface area contributed by atoms with Crippen molar-refractivity contribution in [2.75, 3.05) is 13.1 Å². The Balaban J connectivity index is 4.06. The topological polar surface area (TPSA) is 12.0 Å². The summed E-state index contributed by atoms with van der Waals surface area (Å²) >= 11 is 0. The molecular weight excluding hydrogens is 210 g/mol. The van der Waals surface area contributed by atoms with Crippen LogP contribution >= 0.6 is 0 Å². The van der Waals surface area contributed by atoms with E-state index in [1.807, 2.05) is 0 Å². The van der Waals surface area contributed by atoms with E-state index in [0.29, 0.717) is 0 Å². The molecular formula is C14H27NSi. The van der Waals surface area contributed by atoms with E-state index in [1.54, 1.807) is 0 Å². The molecule has 0 rings (SSSR count). The van der Waals surface area contributed by atoms with Crippen LogP contribution in [0.5, 0.6) is 0 Å². The number of rotatable bonds is 6. The third kappa shape index (κ3) is 10.0. The van der Waals surface area contributed by atoms with Crippen LogP contribution in [0.2, 0.25) is 19.6 Å². The molecule has 0 radical (unpaired) electrons.